The van der Waals surface area contributed by atoms with E-state index in [2.05, 4.69) is 0 Å². The second kappa shape index (κ2) is 6.05. The van der Waals surface area contributed by atoms with Gasteiger partial charge in [0.15, 0.2) is 17.5 Å². The summed E-state index contributed by atoms with van der Waals surface area (Å²) in [5, 5.41) is 10.6. The molecule has 0 fully saturated rings. The summed E-state index contributed by atoms with van der Waals surface area (Å²) in [7, 11) is 1.57. The van der Waals surface area contributed by atoms with Gasteiger partial charge in [0.2, 0.25) is 0 Å². The Morgan fingerprint density at radius 2 is 1.73 bits per heavy atom. The lowest BCUT2D eigenvalue weighted by atomic mass is 10.1. The van der Waals surface area contributed by atoms with Crippen LogP contribution in [0.3, 0.4) is 0 Å². The highest BCUT2D eigenvalue weighted by Crippen LogP contribution is 2.30. The Bertz CT molecular complexity index is 722. The average Bonchev–Trinajstić information content (AvgIpc) is 2.48. The molecule has 0 aliphatic heterocycles. The minimum Gasteiger partial charge on any atom is -0.365 e. The summed E-state index contributed by atoms with van der Waals surface area (Å²) in [6, 6.07) is 6.29. The molecule has 0 saturated carbocycles. The van der Waals surface area contributed by atoms with Gasteiger partial charge in [-0.15, -0.1) is 0 Å². The number of rotatable bonds is 4. The summed E-state index contributed by atoms with van der Waals surface area (Å²) < 4.78 is 40.2. The lowest BCUT2D eigenvalue weighted by molar-refractivity contribution is -0.385. The van der Waals surface area contributed by atoms with Gasteiger partial charge in [0, 0.05) is 13.1 Å². The lowest BCUT2D eigenvalue weighted by Gasteiger charge is -2.27. The third kappa shape index (κ3) is 3.03. The van der Waals surface area contributed by atoms with Gasteiger partial charge in [-0.2, -0.15) is 0 Å². The van der Waals surface area contributed by atoms with Crippen LogP contribution in [0.1, 0.15) is 18.5 Å². The molecule has 0 amide bonds. The fourth-order valence-corrected chi connectivity index (χ4v) is 2.10. The Balaban J connectivity index is 2.32. The van der Waals surface area contributed by atoms with E-state index < -0.39 is 28.4 Å². The predicted octanol–water partition coefficient (Wildman–Crippen LogP) is 4.21. The zero-order valence-electron chi connectivity index (χ0n) is 11.9. The van der Waals surface area contributed by atoms with Crippen LogP contribution in [0.4, 0.5) is 24.5 Å². The van der Waals surface area contributed by atoms with Crippen LogP contribution in [-0.2, 0) is 0 Å². The number of halogens is 3. The summed E-state index contributed by atoms with van der Waals surface area (Å²) in [6.07, 6.45) is 0. The number of nitro benzene ring substituents is 1. The molecule has 0 radical (unpaired) electrons. The molecular formula is C15H13F3N2O2. The molecule has 22 heavy (non-hydrogen) atoms. The molecule has 2 aromatic rings. The van der Waals surface area contributed by atoms with Crippen molar-refractivity contribution in [2.24, 2.45) is 0 Å². The van der Waals surface area contributed by atoms with Gasteiger partial charge in [-0.25, -0.2) is 13.2 Å². The molecule has 0 aliphatic carbocycles. The number of non-ortho nitro benzene ring substituents is 1. The molecule has 1 unspecified atom stereocenters. The van der Waals surface area contributed by atoms with E-state index in [1.54, 1.807) is 14.0 Å². The van der Waals surface area contributed by atoms with E-state index in [0.29, 0.717) is 5.56 Å². The summed E-state index contributed by atoms with van der Waals surface area (Å²) in [6.45, 7) is 1.69. The monoisotopic (exact) mass is 310 g/mol. The van der Waals surface area contributed by atoms with E-state index in [4.69, 9.17) is 0 Å². The van der Waals surface area contributed by atoms with Gasteiger partial charge in [0.05, 0.1) is 22.7 Å². The van der Waals surface area contributed by atoms with Crippen molar-refractivity contribution >= 4 is 11.4 Å². The largest absolute Gasteiger partial charge is 0.365 e. The number of anilines is 1. The van der Waals surface area contributed by atoms with Crippen molar-refractivity contribution < 1.29 is 18.1 Å². The molecule has 4 nitrogen and oxygen atoms in total. The van der Waals surface area contributed by atoms with Gasteiger partial charge >= 0.3 is 0 Å². The van der Waals surface area contributed by atoms with Gasteiger partial charge in [-0.3, -0.25) is 10.1 Å². The molecule has 0 saturated heterocycles. The molecule has 0 aromatic heterocycles. The Morgan fingerprint density at radius 3 is 2.27 bits per heavy atom. The maximum absolute atomic E-state index is 14.0. The van der Waals surface area contributed by atoms with Crippen molar-refractivity contribution in [1.82, 2.24) is 0 Å². The van der Waals surface area contributed by atoms with Crippen molar-refractivity contribution in [2.45, 2.75) is 13.0 Å². The number of benzene rings is 2. The minimum atomic E-state index is -0.984. The van der Waals surface area contributed by atoms with E-state index in [1.807, 2.05) is 0 Å². The minimum absolute atomic E-state index is 0.128. The first-order valence-corrected chi connectivity index (χ1v) is 6.43. The molecule has 0 aliphatic rings. The lowest BCUT2D eigenvalue weighted by Crippen LogP contribution is -2.22. The van der Waals surface area contributed by atoms with Crippen LogP contribution in [0, 0.1) is 27.6 Å². The van der Waals surface area contributed by atoms with Crippen LogP contribution in [0.2, 0.25) is 0 Å². The number of hydrogen-bond donors (Lipinski definition) is 0. The van der Waals surface area contributed by atoms with E-state index in [0.717, 1.165) is 18.2 Å². The van der Waals surface area contributed by atoms with E-state index >= 15 is 0 Å². The topological polar surface area (TPSA) is 46.4 Å². The summed E-state index contributed by atoms with van der Waals surface area (Å²) >= 11 is 0. The summed E-state index contributed by atoms with van der Waals surface area (Å²) in [4.78, 5) is 11.4. The second-order valence-corrected chi connectivity index (χ2v) is 4.85. The normalized spacial score (nSPS) is 12.0. The van der Waals surface area contributed by atoms with Crippen molar-refractivity contribution in [3.05, 3.63) is 69.5 Å². The maximum Gasteiger partial charge on any atom is 0.272 e. The third-order valence-electron chi connectivity index (χ3n) is 3.53. The molecule has 7 heteroatoms. The SMILES string of the molecule is CC(c1ccc(F)c(F)c1)N(C)c1ccc([N+](=O)[O-])cc1F. The third-order valence-corrected chi connectivity index (χ3v) is 3.53. The zero-order valence-corrected chi connectivity index (χ0v) is 11.9. The molecule has 0 heterocycles. The fraction of sp³-hybridized carbons (Fsp3) is 0.200. The highest BCUT2D eigenvalue weighted by atomic mass is 19.2. The molecule has 2 rings (SSSR count). The van der Waals surface area contributed by atoms with Gasteiger partial charge in [0.25, 0.3) is 5.69 Å². The van der Waals surface area contributed by atoms with Crippen LogP contribution in [0.15, 0.2) is 36.4 Å². The zero-order chi connectivity index (χ0) is 16.4. The van der Waals surface area contributed by atoms with Gasteiger partial charge in [-0.1, -0.05) is 6.07 Å². The van der Waals surface area contributed by atoms with E-state index in [9.17, 15) is 23.3 Å². The standard InChI is InChI=1S/C15H13F3N2O2/c1-9(10-3-5-12(16)13(17)7-10)19(2)15-6-4-11(20(21)22)8-14(15)18/h3-9H,1-2H3. The van der Waals surface area contributed by atoms with E-state index in [1.165, 1.54) is 23.1 Å². The first-order valence-electron chi connectivity index (χ1n) is 6.43. The highest BCUT2D eigenvalue weighted by Gasteiger charge is 2.19. The summed E-state index contributed by atoms with van der Waals surface area (Å²) in [5.41, 5.74) is 0.233. The van der Waals surface area contributed by atoms with Crippen LogP contribution in [0.25, 0.3) is 0 Å². The fourth-order valence-electron chi connectivity index (χ4n) is 2.10. The van der Waals surface area contributed by atoms with Crippen molar-refractivity contribution in [3.63, 3.8) is 0 Å². The van der Waals surface area contributed by atoms with Gasteiger partial charge < -0.3 is 4.90 Å². The first-order chi connectivity index (χ1) is 10.3. The average molecular weight is 310 g/mol. The Morgan fingerprint density at radius 1 is 1.05 bits per heavy atom. The summed E-state index contributed by atoms with van der Waals surface area (Å²) in [5.74, 6) is -2.70. The molecule has 116 valence electrons. The molecular weight excluding hydrogens is 297 g/mol. The van der Waals surface area contributed by atoms with Gasteiger partial charge in [0.1, 0.15) is 0 Å². The smallest absolute Gasteiger partial charge is 0.272 e. The molecule has 1 atom stereocenters. The predicted molar refractivity (Wildman–Crippen MR) is 76.2 cm³/mol. The van der Waals surface area contributed by atoms with Crippen molar-refractivity contribution in [2.75, 3.05) is 11.9 Å². The first kappa shape index (κ1) is 15.8. The number of nitro groups is 1. The molecule has 0 spiro atoms. The quantitative estimate of drug-likeness (QED) is 0.628. The second-order valence-electron chi connectivity index (χ2n) is 4.85. The number of nitrogens with zero attached hydrogens (tertiary/aromatic N) is 2. The molecule has 0 N–H and O–H groups in total. The molecule has 2 aromatic carbocycles. The van der Waals surface area contributed by atoms with Crippen LogP contribution >= 0.6 is 0 Å². The van der Waals surface area contributed by atoms with Crippen LogP contribution in [-0.4, -0.2) is 12.0 Å². The highest BCUT2D eigenvalue weighted by molar-refractivity contribution is 5.53. The Labute approximate surface area is 124 Å². The molecule has 0 bridgehead atoms. The number of hydrogen-bond acceptors (Lipinski definition) is 3. The van der Waals surface area contributed by atoms with Crippen LogP contribution < -0.4 is 4.90 Å². The maximum atomic E-state index is 14.0. The van der Waals surface area contributed by atoms with Crippen molar-refractivity contribution in [3.8, 4) is 0 Å². The van der Waals surface area contributed by atoms with Crippen molar-refractivity contribution in [1.29, 1.82) is 0 Å². The van der Waals surface area contributed by atoms with Gasteiger partial charge in [-0.05, 0) is 30.7 Å². The Hall–Kier alpha value is -2.57. The Kier molecular flexibility index (Phi) is 4.35. The van der Waals surface area contributed by atoms with E-state index in [-0.39, 0.29) is 11.4 Å². The van der Waals surface area contributed by atoms with Crippen LogP contribution in [0.5, 0.6) is 0 Å².